The number of tetrazole rings is 1. The van der Waals surface area contributed by atoms with E-state index < -0.39 is 11.2 Å². The molecule has 0 saturated carbocycles. The molecule has 13 heteroatoms. The summed E-state index contributed by atoms with van der Waals surface area (Å²) in [7, 11) is 1.38. The fraction of sp³-hybridized carbons (Fsp3) is 0.231. The monoisotopic (exact) mass is 460 g/mol. The molecule has 1 aromatic carbocycles. The Kier molecular flexibility index (Phi) is 6.64. The van der Waals surface area contributed by atoms with E-state index in [0.29, 0.717) is 0 Å². The molecule has 135 valence electrons. The molecule has 26 heavy (non-hydrogen) atoms. The van der Waals surface area contributed by atoms with E-state index in [1.807, 2.05) is 0 Å². The number of hydrogen-bond acceptors (Lipinski definition) is 6. The predicted octanol–water partition coefficient (Wildman–Crippen LogP) is 1.51. The molecule has 0 fully saturated rings. The number of halogens is 3. The minimum absolute atomic E-state index is 0. The van der Waals surface area contributed by atoms with Crippen molar-refractivity contribution in [1.29, 1.82) is 0 Å². The van der Waals surface area contributed by atoms with Crippen LogP contribution in [0.5, 0.6) is 5.88 Å². The second-order valence-electron chi connectivity index (χ2n) is 4.76. The van der Waals surface area contributed by atoms with E-state index in [0.717, 1.165) is 9.36 Å². The van der Waals surface area contributed by atoms with Crippen molar-refractivity contribution < 1.29 is 50.6 Å². The van der Waals surface area contributed by atoms with Crippen LogP contribution in [0.3, 0.4) is 0 Å². The van der Waals surface area contributed by atoms with Crippen molar-refractivity contribution >= 4 is 11.8 Å². The normalized spacial score (nSPS) is 11.2. The Morgan fingerprint density at radius 2 is 2.04 bits per heavy atom. The van der Waals surface area contributed by atoms with Crippen LogP contribution in [0.1, 0.15) is 5.56 Å². The van der Waals surface area contributed by atoms with Crippen molar-refractivity contribution in [3.63, 3.8) is 0 Å². The first-order valence-electron chi connectivity index (χ1n) is 6.79. The number of aryl methyl sites for hydroxylation is 1. The van der Waals surface area contributed by atoms with Crippen LogP contribution < -0.4 is 15.5 Å². The zero-order valence-electron chi connectivity index (χ0n) is 13.2. The van der Waals surface area contributed by atoms with Crippen molar-refractivity contribution in [2.45, 2.75) is 17.0 Å². The molecule has 0 bridgehead atoms. The molecule has 3 rings (SSSR count). The first-order chi connectivity index (χ1) is 11.8. The van der Waals surface area contributed by atoms with Crippen LogP contribution in [0.4, 0.5) is 13.2 Å². The maximum Gasteiger partial charge on any atom is 0.446 e. The van der Waals surface area contributed by atoms with E-state index >= 15 is 0 Å². The van der Waals surface area contributed by atoms with Gasteiger partial charge in [-0.3, -0.25) is 0 Å². The van der Waals surface area contributed by atoms with Gasteiger partial charge in [0.1, 0.15) is 6.61 Å². The van der Waals surface area contributed by atoms with E-state index in [-0.39, 0.29) is 73.1 Å². The molecule has 1 radical (unpaired) electrons. The minimum atomic E-state index is -4.50. The summed E-state index contributed by atoms with van der Waals surface area (Å²) >= 11 is -0.300. The van der Waals surface area contributed by atoms with Crippen LogP contribution in [-0.4, -0.2) is 30.4 Å². The van der Waals surface area contributed by atoms with Gasteiger partial charge in [0.05, 0.1) is 5.69 Å². The van der Waals surface area contributed by atoms with Gasteiger partial charge in [-0.1, -0.05) is 6.07 Å². The summed E-state index contributed by atoms with van der Waals surface area (Å²) in [6, 6.07) is 5.62. The average molecular weight is 460 g/mol. The first kappa shape index (κ1) is 20.7. The summed E-state index contributed by atoms with van der Waals surface area (Å²) in [4.78, 5) is 12.0. The van der Waals surface area contributed by atoms with Crippen LogP contribution in [-0.2, 0) is 46.4 Å². The molecule has 3 aromatic rings. The van der Waals surface area contributed by atoms with Gasteiger partial charge in [-0.05, 0) is 40.4 Å². The minimum Gasteiger partial charge on any atom is -0.579 e. The molecular formula is C13H10F3N6O2SY-. The SMILES string of the molecule is Cn1nnn(-c2cccc(SC(F)(F)F)c2COc2cc[n-]n2)c1=O.[Y]. The molecule has 0 N–H and O–H groups in total. The van der Waals surface area contributed by atoms with Gasteiger partial charge in [0.15, 0.2) is 5.88 Å². The maximum atomic E-state index is 12.9. The largest absolute Gasteiger partial charge is 0.579 e. The Morgan fingerprint density at radius 3 is 2.62 bits per heavy atom. The van der Waals surface area contributed by atoms with E-state index in [1.54, 1.807) is 0 Å². The van der Waals surface area contributed by atoms with E-state index in [2.05, 4.69) is 20.6 Å². The van der Waals surface area contributed by atoms with Crippen molar-refractivity contribution in [3.05, 3.63) is 46.5 Å². The molecule has 8 nitrogen and oxygen atoms in total. The van der Waals surface area contributed by atoms with Gasteiger partial charge in [0, 0.05) is 50.2 Å². The van der Waals surface area contributed by atoms with Gasteiger partial charge in [0.25, 0.3) is 0 Å². The maximum absolute atomic E-state index is 12.9. The molecule has 2 aromatic heterocycles. The molecule has 0 aliphatic heterocycles. The second kappa shape index (κ2) is 8.36. The smallest absolute Gasteiger partial charge is 0.446 e. The molecule has 0 saturated heterocycles. The third-order valence-electron chi connectivity index (χ3n) is 3.09. The van der Waals surface area contributed by atoms with Crippen molar-refractivity contribution in [2.75, 3.05) is 0 Å². The molecule has 0 aliphatic rings. The number of alkyl halides is 3. The summed E-state index contributed by atoms with van der Waals surface area (Å²) in [5.41, 5.74) is -4.81. The number of hydrogen-bond donors (Lipinski definition) is 0. The van der Waals surface area contributed by atoms with Crippen molar-refractivity contribution in [2.24, 2.45) is 7.05 Å². The van der Waals surface area contributed by atoms with Crippen LogP contribution in [0.25, 0.3) is 5.69 Å². The molecule has 2 heterocycles. The quantitative estimate of drug-likeness (QED) is 0.534. The van der Waals surface area contributed by atoms with Gasteiger partial charge in [0.2, 0.25) is 0 Å². The van der Waals surface area contributed by atoms with Crippen LogP contribution in [0.2, 0.25) is 0 Å². The summed E-state index contributed by atoms with van der Waals surface area (Å²) in [6.07, 6.45) is 1.39. The van der Waals surface area contributed by atoms with Gasteiger partial charge in [-0.2, -0.15) is 28.7 Å². The van der Waals surface area contributed by atoms with Crippen LogP contribution in [0.15, 0.2) is 40.2 Å². The topological polar surface area (TPSA) is 88.9 Å². The Hall–Kier alpha value is -1.66. The molecule has 0 aliphatic carbocycles. The fourth-order valence-corrected chi connectivity index (χ4v) is 2.71. The Morgan fingerprint density at radius 1 is 1.27 bits per heavy atom. The number of benzene rings is 1. The van der Waals surface area contributed by atoms with E-state index in [9.17, 15) is 18.0 Å². The molecular weight excluding hydrogens is 450 g/mol. The Labute approximate surface area is 174 Å². The Bertz CT molecular complexity index is 925. The van der Waals surface area contributed by atoms with Gasteiger partial charge >= 0.3 is 11.2 Å². The van der Waals surface area contributed by atoms with Crippen LogP contribution in [0, 0.1) is 0 Å². The van der Waals surface area contributed by atoms with Gasteiger partial charge < -0.3 is 14.9 Å². The van der Waals surface area contributed by atoms with Crippen molar-refractivity contribution in [1.82, 2.24) is 30.0 Å². The zero-order valence-corrected chi connectivity index (χ0v) is 16.9. The van der Waals surface area contributed by atoms with Crippen LogP contribution >= 0.6 is 11.8 Å². The molecule has 0 unspecified atom stereocenters. The number of thioether (sulfide) groups is 1. The number of ether oxygens (including phenoxy) is 1. The third-order valence-corrected chi connectivity index (χ3v) is 3.92. The van der Waals surface area contributed by atoms with Gasteiger partial charge in [-0.25, -0.2) is 4.79 Å². The summed E-state index contributed by atoms with van der Waals surface area (Å²) in [6.45, 7) is -0.254. The summed E-state index contributed by atoms with van der Waals surface area (Å²) in [5, 5.41) is 14.5. The van der Waals surface area contributed by atoms with E-state index in [1.165, 1.54) is 37.5 Å². The fourth-order valence-electron chi connectivity index (χ4n) is 2.03. The van der Waals surface area contributed by atoms with Crippen molar-refractivity contribution in [3.8, 4) is 11.6 Å². The number of nitrogens with zero attached hydrogens (tertiary/aromatic N) is 6. The Balaban J connectivity index is 0.00000243. The summed E-state index contributed by atoms with van der Waals surface area (Å²) in [5.74, 6) is 0.157. The summed E-state index contributed by atoms with van der Waals surface area (Å²) < 4.78 is 45.8. The zero-order chi connectivity index (χ0) is 18.0. The molecule has 0 atom stereocenters. The molecule has 0 amide bonds. The third kappa shape index (κ3) is 4.74. The predicted molar refractivity (Wildman–Crippen MR) is 80.4 cm³/mol. The van der Waals surface area contributed by atoms with Gasteiger partial charge in [-0.15, -0.1) is 0 Å². The number of aromatic nitrogens is 6. The molecule has 0 spiro atoms. The second-order valence-corrected chi connectivity index (χ2v) is 5.86. The number of rotatable bonds is 5. The first-order valence-corrected chi connectivity index (χ1v) is 7.61. The van der Waals surface area contributed by atoms with E-state index in [4.69, 9.17) is 4.74 Å². The average Bonchev–Trinajstić information content (AvgIpc) is 3.16. The standard InChI is InChI=1S/C13H10F3N6O2S.Y/c1-21-12(23)22(20-19-21)9-3-2-4-10(25-13(14,15)16)8(9)7-24-11-5-6-17-18-11;/h2-6H,7H2,1H3;/q-1;.